The van der Waals surface area contributed by atoms with Crippen LogP contribution in [-0.2, 0) is 29.2 Å². The predicted molar refractivity (Wildman–Crippen MR) is 137 cm³/mol. The van der Waals surface area contributed by atoms with Crippen molar-refractivity contribution in [3.63, 3.8) is 0 Å². The van der Waals surface area contributed by atoms with Crippen LogP contribution in [0.1, 0.15) is 40.4 Å². The van der Waals surface area contributed by atoms with Crippen LogP contribution in [0.5, 0.6) is 5.75 Å². The van der Waals surface area contributed by atoms with Crippen LogP contribution in [0.4, 0.5) is 18.9 Å². The smallest absolute Gasteiger partial charge is 0.416 e. The second-order valence-electron chi connectivity index (χ2n) is 8.51. The Balaban J connectivity index is 1.58. The van der Waals surface area contributed by atoms with E-state index < -0.39 is 21.8 Å². The Labute approximate surface area is 215 Å². The number of anilines is 1. The van der Waals surface area contributed by atoms with Gasteiger partial charge in [0.2, 0.25) is 10.0 Å². The van der Waals surface area contributed by atoms with Crippen molar-refractivity contribution in [2.75, 3.05) is 23.7 Å². The summed E-state index contributed by atoms with van der Waals surface area (Å²) >= 11 is 0. The van der Waals surface area contributed by atoms with Crippen LogP contribution in [0.25, 0.3) is 0 Å². The summed E-state index contributed by atoms with van der Waals surface area (Å²) in [6.07, 6.45) is -1.60. The lowest BCUT2D eigenvalue weighted by atomic mass is 10.1. The molecule has 0 saturated carbocycles. The molecule has 0 aliphatic rings. The number of amides is 1. The molecule has 0 radical (unpaired) electrons. The lowest BCUT2D eigenvalue weighted by Crippen LogP contribution is -2.30. The summed E-state index contributed by atoms with van der Waals surface area (Å²) < 4.78 is 70.5. The number of halogens is 3. The van der Waals surface area contributed by atoms with E-state index in [1.807, 2.05) is 24.3 Å². The molecule has 3 aromatic rings. The number of alkyl halides is 3. The predicted octanol–water partition coefficient (Wildman–Crippen LogP) is 5.43. The Hall–Kier alpha value is -3.53. The molecule has 0 atom stereocenters. The fraction of sp³-hybridized carbons (Fsp3) is 0.296. The molecule has 6 nitrogen and oxygen atoms in total. The van der Waals surface area contributed by atoms with Crippen molar-refractivity contribution in [2.45, 2.75) is 32.5 Å². The van der Waals surface area contributed by atoms with Crippen molar-refractivity contribution in [1.29, 1.82) is 0 Å². The van der Waals surface area contributed by atoms with E-state index in [2.05, 4.69) is 12.2 Å². The maximum absolute atomic E-state index is 13.1. The summed E-state index contributed by atoms with van der Waals surface area (Å²) in [5, 5.41) is 2.75. The molecule has 1 N–H and O–H groups in total. The summed E-state index contributed by atoms with van der Waals surface area (Å²) in [5.74, 6) is 0.390. The highest BCUT2D eigenvalue weighted by Gasteiger charge is 2.31. The van der Waals surface area contributed by atoms with E-state index in [9.17, 15) is 26.4 Å². The van der Waals surface area contributed by atoms with Crippen molar-refractivity contribution in [1.82, 2.24) is 5.32 Å². The number of rotatable bonds is 11. The van der Waals surface area contributed by atoms with Gasteiger partial charge in [-0.2, -0.15) is 13.2 Å². The third-order valence-electron chi connectivity index (χ3n) is 5.52. The Kier molecular flexibility index (Phi) is 9.20. The topological polar surface area (TPSA) is 75.7 Å². The number of hydrogen-bond donors (Lipinski definition) is 1. The summed E-state index contributed by atoms with van der Waals surface area (Å²) in [4.78, 5) is 12.4. The van der Waals surface area contributed by atoms with Gasteiger partial charge in [0.1, 0.15) is 12.4 Å². The lowest BCUT2D eigenvalue weighted by molar-refractivity contribution is -0.137. The van der Waals surface area contributed by atoms with Gasteiger partial charge in [-0.1, -0.05) is 43.7 Å². The van der Waals surface area contributed by atoms with Crippen molar-refractivity contribution in [3.8, 4) is 5.75 Å². The molecule has 0 unspecified atom stereocenters. The Morgan fingerprint density at radius 3 is 2.22 bits per heavy atom. The van der Waals surface area contributed by atoms with Crippen molar-refractivity contribution in [3.05, 3.63) is 95.1 Å². The van der Waals surface area contributed by atoms with E-state index in [1.54, 1.807) is 12.1 Å². The summed E-state index contributed by atoms with van der Waals surface area (Å²) in [5.41, 5.74) is 1.07. The number of ether oxygens (including phenoxy) is 1. The largest absolute Gasteiger partial charge is 0.492 e. The molecular weight excluding hydrogens is 505 g/mol. The zero-order valence-electron chi connectivity index (χ0n) is 20.6. The molecule has 3 aromatic carbocycles. The first-order chi connectivity index (χ1) is 17.5. The molecular formula is C27H29F3N2O4S. The third kappa shape index (κ3) is 8.24. The molecule has 0 aromatic heterocycles. The van der Waals surface area contributed by atoms with Crippen LogP contribution in [-0.4, -0.2) is 33.7 Å². The molecule has 0 aliphatic carbocycles. The second-order valence-corrected chi connectivity index (χ2v) is 10.4. The van der Waals surface area contributed by atoms with Gasteiger partial charge < -0.3 is 10.1 Å². The van der Waals surface area contributed by atoms with E-state index in [1.165, 1.54) is 23.8 Å². The van der Waals surface area contributed by atoms with Crippen LogP contribution in [0.15, 0.2) is 72.8 Å². The number of carbonyl (C=O) groups is 1. The number of carbonyl (C=O) groups excluding carboxylic acids is 1. The number of aryl methyl sites for hydroxylation is 1. The van der Waals surface area contributed by atoms with Crippen LogP contribution >= 0.6 is 0 Å². The number of sulfonamides is 1. The molecule has 3 rings (SSSR count). The first-order valence-corrected chi connectivity index (χ1v) is 13.6. The molecule has 0 saturated heterocycles. The van der Waals surface area contributed by atoms with E-state index in [-0.39, 0.29) is 31.3 Å². The van der Waals surface area contributed by atoms with Gasteiger partial charge in [-0.3, -0.25) is 9.10 Å². The van der Waals surface area contributed by atoms with E-state index in [0.717, 1.165) is 47.4 Å². The Morgan fingerprint density at radius 1 is 0.973 bits per heavy atom. The Bertz CT molecular complexity index is 1290. The highest BCUT2D eigenvalue weighted by Crippen LogP contribution is 2.32. The average Bonchev–Trinajstić information content (AvgIpc) is 2.85. The number of hydrogen-bond acceptors (Lipinski definition) is 4. The van der Waals surface area contributed by atoms with Gasteiger partial charge in [-0.25, -0.2) is 8.42 Å². The van der Waals surface area contributed by atoms with Gasteiger partial charge in [0.05, 0.1) is 30.6 Å². The van der Waals surface area contributed by atoms with Crippen LogP contribution in [0.3, 0.4) is 0 Å². The fourth-order valence-corrected chi connectivity index (χ4v) is 4.52. The van der Waals surface area contributed by atoms with Gasteiger partial charge in [0.25, 0.3) is 5.91 Å². The van der Waals surface area contributed by atoms with Gasteiger partial charge in [-0.15, -0.1) is 0 Å². The normalized spacial score (nSPS) is 11.7. The van der Waals surface area contributed by atoms with Crippen LogP contribution in [0.2, 0.25) is 0 Å². The molecule has 37 heavy (non-hydrogen) atoms. The monoisotopic (exact) mass is 534 g/mol. The van der Waals surface area contributed by atoms with Crippen molar-refractivity contribution in [2.24, 2.45) is 0 Å². The van der Waals surface area contributed by atoms with Crippen molar-refractivity contribution >= 4 is 21.6 Å². The minimum Gasteiger partial charge on any atom is -0.492 e. The third-order valence-corrected chi connectivity index (χ3v) is 6.66. The number of nitrogens with zero attached hydrogens (tertiary/aromatic N) is 1. The van der Waals surface area contributed by atoms with Crippen LogP contribution < -0.4 is 14.4 Å². The van der Waals surface area contributed by atoms with E-state index in [0.29, 0.717) is 11.1 Å². The molecule has 198 valence electrons. The minimum atomic E-state index is -4.60. The second kappa shape index (κ2) is 12.1. The lowest BCUT2D eigenvalue weighted by Gasteiger charge is -2.23. The summed E-state index contributed by atoms with van der Waals surface area (Å²) in [6.45, 7) is 2.50. The van der Waals surface area contributed by atoms with Gasteiger partial charge in [-0.05, 0) is 60.0 Å². The summed E-state index contributed by atoms with van der Waals surface area (Å²) in [6, 6.07) is 18.1. The minimum absolute atomic E-state index is 0.0980. The SMILES string of the molecule is CCCc1ccc(OCCNC(=O)c2ccc(CN(c3cccc(C(F)(F)F)c3)S(C)(=O)=O)cc2)cc1. The molecule has 0 aliphatic heterocycles. The highest BCUT2D eigenvalue weighted by molar-refractivity contribution is 7.92. The van der Waals surface area contributed by atoms with E-state index >= 15 is 0 Å². The molecule has 1 amide bonds. The standard InChI is InChI=1S/C27H29F3N2O4S/c1-3-5-20-10-14-25(15-11-20)36-17-16-31-26(33)22-12-8-21(9-13-22)19-32(37(2,34)35)24-7-4-6-23(18-24)27(28,29)30/h4,6-15,18H,3,5,16-17,19H2,1-2H3,(H,31,33). The first kappa shape index (κ1) is 28.0. The first-order valence-electron chi connectivity index (χ1n) is 11.7. The Morgan fingerprint density at radius 2 is 1.62 bits per heavy atom. The summed E-state index contributed by atoms with van der Waals surface area (Å²) in [7, 11) is -3.88. The number of nitrogens with one attached hydrogen (secondary N) is 1. The fourth-order valence-electron chi connectivity index (χ4n) is 3.64. The highest BCUT2D eigenvalue weighted by atomic mass is 32.2. The molecule has 0 heterocycles. The van der Waals surface area contributed by atoms with Gasteiger partial charge >= 0.3 is 6.18 Å². The number of benzene rings is 3. The molecule has 0 bridgehead atoms. The maximum Gasteiger partial charge on any atom is 0.416 e. The maximum atomic E-state index is 13.1. The zero-order chi connectivity index (χ0) is 27.1. The zero-order valence-corrected chi connectivity index (χ0v) is 21.4. The van der Waals surface area contributed by atoms with Gasteiger partial charge in [0.15, 0.2) is 0 Å². The molecule has 0 fully saturated rings. The van der Waals surface area contributed by atoms with Gasteiger partial charge in [0, 0.05) is 5.56 Å². The molecule has 0 spiro atoms. The quantitative estimate of drug-likeness (QED) is 0.333. The van der Waals surface area contributed by atoms with Crippen LogP contribution in [0, 0.1) is 0 Å². The average molecular weight is 535 g/mol. The van der Waals surface area contributed by atoms with E-state index in [4.69, 9.17) is 4.74 Å². The molecule has 10 heteroatoms. The van der Waals surface area contributed by atoms with Crippen molar-refractivity contribution < 1.29 is 31.1 Å².